The molecule has 4 aromatic rings. The second-order valence-corrected chi connectivity index (χ2v) is 6.19. The highest BCUT2D eigenvalue weighted by Gasteiger charge is 2.07. The van der Waals surface area contributed by atoms with E-state index in [0.717, 1.165) is 27.8 Å². The number of carbonyl (C=O) groups is 1. The number of hydrogen-bond donors (Lipinski definition) is 3. The number of hydrogen-bond acceptors (Lipinski definition) is 4. The highest BCUT2D eigenvalue weighted by Crippen LogP contribution is 2.18. The van der Waals surface area contributed by atoms with Gasteiger partial charge in [-0.25, -0.2) is 0 Å². The minimum Gasteiger partial charge on any atom is -0.381 e. The zero-order chi connectivity index (χ0) is 18.5. The topological polar surface area (TPSA) is 82.7 Å². The second kappa shape index (κ2) is 7.70. The normalized spacial score (nSPS) is 10.7. The molecule has 6 heteroatoms. The van der Waals surface area contributed by atoms with Gasteiger partial charge >= 0.3 is 0 Å². The highest BCUT2D eigenvalue weighted by atomic mass is 16.1. The molecule has 0 atom stereocenters. The highest BCUT2D eigenvalue weighted by molar-refractivity contribution is 5.95. The first-order valence-corrected chi connectivity index (χ1v) is 8.72. The number of nitrogens with zero attached hydrogens (tertiary/aromatic N) is 2. The summed E-state index contributed by atoms with van der Waals surface area (Å²) < 4.78 is 0. The van der Waals surface area contributed by atoms with Gasteiger partial charge in [-0.05, 0) is 42.0 Å². The van der Waals surface area contributed by atoms with Gasteiger partial charge in [0.1, 0.15) is 0 Å². The summed E-state index contributed by atoms with van der Waals surface area (Å²) >= 11 is 0. The lowest BCUT2D eigenvalue weighted by Crippen LogP contribution is -2.23. The molecule has 27 heavy (non-hydrogen) atoms. The van der Waals surface area contributed by atoms with Gasteiger partial charge in [0.15, 0.2) is 0 Å². The van der Waals surface area contributed by atoms with Gasteiger partial charge in [-0.1, -0.05) is 24.3 Å². The molecule has 0 unspecified atom stereocenters. The molecule has 6 nitrogen and oxygen atoms in total. The van der Waals surface area contributed by atoms with Crippen LogP contribution in [0.3, 0.4) is 0 Å². The van der Waals surface area contributed by atoms with Crippen molar-refractivity contribution in [2.75, 3.05) is 5.32 Å². The Morgan fingerprint density at radius 3 is 2.81 bits per heavy atom. The number of anilines is 1. The molecule has 2 heterocycles. The van der Waals surface area contributed by atoms with Crippen LogP contribution in [-0.4, -0.2) is 21.1 Å². The first-order valence-electron chi connectivity index (χ1n) is 8.72. The number of benzene rings is 2. The molecule has 3 N–H and O–H groups in total. The molecule has 0 aliphatic heterocycles. The summed E-state index contributed by atoms with van der Waals surface area (Å²) in [4.78, 5) is 16.6. The van der Waals surface area contributed by atoms with E-state index in [-0.39, 0.29) is 5.91 Å². The Kier molecular flexibility index (Phi) is 4.78. The van der Waals surface area contributed by atoms with E-state index < -0.39 is 0 Å². The van der Waals surface area contributed by atoms with Crippen LogP contribution in [0.1, 0.15) is 21.6 Å². The van der Waals surface area contributed by atoms with Crippen molar-refractivity contribution in [2.24, 2.45) is 0 Å². The molecular weight excluding hydrogens is 338 g/mol. The predicted molar refractivity (Wildman–Crippen MR) is 105 cm³/mol. The molecule has 4 rings (SSSR count). The molecule has 0 saturated carbocycles. The predicted octanol–water partition coefficient (Wildman–Crippen LogP) is 3.50. The van der Waals surface area contributed by atoms with Crippen LogP contribution < -0.4 is 10.6 Å². The zero-order valence-corrected chi connectivity index (χ0v) is 14.6. The molecule has 1 amide bonds. The molecule has 0 radical (unpaired) electrons. The molecule has 0 aliphatic carbocycles. The van der Waals surface area contributed by atoms with E-state index in [0.29, 0.717) is 18.7 Å². The van der Waals surface area contributed by atoms with Crippen molar-refractivity contribution in [3.63, 3.8) is 0 Å². The van der Waals surface area contributed by atoms with Gasteiger partial charge in [-0.2, -0.15) is 5.10 Å². The van der Waals surface area contributed by atoms with Crippen LogP contribution in [0.15, 0.2) is 73.1 Å². The van der Waals surface area contributed by atoms with E-state index in [1.54, 1.807) is 12.3 Å². The number of amides is 1. The number of pyridine rings is 1. The minimum atomic E-state index is -0.124. The summed E-state index contributed by atoms with van der Waals surface area (Å²) in [6.45, 7) is 1.05. The van der Waals surface area contributed by atoms with E-state index in [1.165, 1.54) is 0 Å². The Morgan fingerprint density at radius 2 is 1.93 bits per heavy atom. The van der Waals surface area contributed by atoms with Gasteiger partial charge in [0.2, 0.25) is 0 Å². The van der Waals surface area contributed by atoms with Crippen molar-refractivity contribution >= 4 is 22.5 Å². The standard InChI is InChI=1S/C21H19N5O/c27-21(24-13-18-7-1-2-10-22-18)15-5-3-8-17(11-15)23-12-16-6-4-9-20-19(16)14-25-26-20/h1-11,14,23H,12-13H2,(H,24,27)(H,25,26). The SMILES string of the molecule is O=C(NCc1ccccn1)c1cccc(NCc2cccc3[nH]ncc23)c1. The smallest absolute Gasteiger partial charge is 0.251 e. The van der Waals surface area contributed by atoms with Crippen molar-refractivity contribution < 1.29 is 4.79 Å². The van der Waals surface area contributed by atoms with E-state index >= 15 is 0 Å². The maximum absolute atomic E-state index is 12.4. The number of aromatic nitrogens is 3. The summed E-state index contributed by atoms with van der Waals surface area (Å²) in [6, 6.07) is 19.2. The molecule has 0 bridgehead atoms. The molecule has 0 aliphatic rings. The van der Waals surface area contributed by atoms with Crippen LogP contribution in [0.25, 0.3) is 10.9 Å². The largest absolute Gasteiger partial charge is 0.381 e. The van der Waals surface area contributed by atoms with Crippen LogP contribution >= 0.6 is 0 Å². The van der Waals surface area contributed by atoms with E-state index in [1.807, 2.05) is 54.7 Å². The number of aromatic amines is 1. The van der Waals surface area contributed by atoms with Gasteiger partial charge < -0.3 is 10.6 Å². The third-order valence-electron chi connectivity index (χ3n) is 4.34. The van der Waals surface area contributed by atoms with Crippen molar-refractivity contribution in [2.45, 2.75) is 13.1 Å². The van der Waals surface area contributed by atoms with Gasteiger partial charge in [0.25, 0.3) is 5.91 Å². The number of H-pyrrole nitrogens is 1. The van der Waals surface area contributed by atoms with Crippen LogP contribution in [0.5, 0.6) is 0 Å². The fourth-order valence-corrected chi connectivity index (χ4v) is 2.93. The Balaban J connectivity index is 1.41. The number of nitrogens with one attached hydrogen (secondary N) is 3. The lowest BCUT2D eigenvalue weighted by Gasteiger charge is -2.10. The fraction of sp³-hybridized carbons (Fsp3) is 0.0952. The zero-order valence-electron chi connectivity index (χ0n) is 14.6. The maximum atomic E-state index is 12.4. The van der Waals surface area contributed by atoms with Crippen molar-refractivity contribution in [3.05, 3.63) is 89.9 Å². The lowest BCUT2D eigenvalue weighted by molar-refractivity contribution is 0.0950. The third-order valence-corrected chi connectivity index (χ3v) is 4.34. The average molecular weight is 357 g/mol. The fourth-order valence-electron chi connectivity index (χ4n) is 2.93. The first-order chi connectivity index (χ1) is 13.3. The number of fused-ring (bicyclic) bond motifs is 1. The van der Waals surface area contributed by atoms with Crippen LogP contribution in [0, 0.1) is 0 Å². The molecule has 0 spiro atoms. The van der Waals surface area contributed by atoms with Crippen molar-refractivity contribution in [1.82, 2.24) is 20.5 Å². The van der Waals surface area contributed by atoms with E-state index in [9.17, 15) is 4.79 Å². The lowest BCUT2D eigenvalue weighted by atomic mass is 10.1. The van der Waals surface area contributed by atoms with E-state index in [4.69, 9.17) is 0 Å². The van der Waals surface area contributed by atoms with Gasteiger partial charge in [-0.3, -0.25) is 14.9 Å². The van der Waals surface area contributed by atoms with Crippen LogP contribution in [-0.2, 0) is 13.1 Å². The summed E-state index contributed by atoms with van der Waals surface area (Å²) in [7, 11) is 0. The Bertz CT molecular complexity index is 1060. The molecule has 2 aromatic carbocycles. The number of rotatable bonds is 6. The molecular formula is C21H19N5O. The summed E-state index contributed by atoms with van der Waals surface area (Å²) in [5.41, 5.74) is 4.48. The molecule has 134 valence electrons. The van der Waals surface area contributed by atoms with Crippen LogP contribution in [0.2, 0.25) is 0 Å². The van der Waals surface area contributed by atoms with Gasteiger partial charge in [0, 0.05) is 29.4 Å². The minimum absolute atomic E-state index is 0.124. The second-order valence-electron chi connectivity index (χ2n) is 6.19. The van der Waals surface area contributed by atoms with Crippen molar-refractivity contribution in [1.29, 1.82) is 0 Å². The molecule has 2 aromatic heterocycles. The molecule has 0 saturated heterocycles. The average Bonchev–Trinajstić information content (AvgIpc) is 3.21. The Morgan fingerprint density at radius 1 is 1.00 bits per heavy atom. The Hall–Kier alpha value is -3.67. The monoisotopic (exact) mass is 357 g/mol. The van der Waals surface area contributed by atoms with Crippen LogP contribution in [0.4, 0.5) is 5.69 Å². The third kappa shape index (κ3) is 3.95. The van der Waals surface area contributed by atoms with Gasteiger partial charge in [0.05, 0.1) is 24.0 Å². The first kappa shape index (κ1) is 16.8. The van der Waals surface area contributed by atoms with Gasteiger partial charge in [-0.15, -0.1) is 0 Å². The van der Waals surface area contributed by atoms with Crippen molar-refractivity contribution in [3.8, 4) is 0 Å². The Labute approximate surface area is 156 Å². The molecule has 0 fully saturated rings. The summed E-state index contributed by atoms with van der Waals surface area (Å²) in [5.74, 6) is -0.124. The van der Waals surface area contributed by atoms with E-state index in [2.05, 4.69) is 31.9 Å². The maximum Gasteiger partial charge on any atom is 0.251 e. The summed E-state index contributed by atoms with van der Waals surface area (Å²) in [5, 5.41) is 14.4. The quantitative estimate of drug-likeness (QED) is 0.493. The summed E-state index contributed by atoms with van der Waals surface area (Å²) in [6.07, 6.45) is 3.54. The number of carbonyl (C=O) groups excluding carboxylic acids is 1.